The van der Waals surface area contributed by atoms with Gasteiger partial charge in [-0.05, 0) is 5.75 Å². The van der Waals surface area contributed by atoms with Gasteiger partial charge in [0.2, 0.25) is 0 Å². The number of hydrogen-bond donors (Lipinski definition) is 1. The molecule has 0 aromatic carbocycles. The van der Waals surface area contributed by atoms with Gasteiger partial charge in [-0.25, -0.2) is 9.97 Å². The molecule has 0 bridgehead atoms. The molecule has 76 valence electrons. The zero-order valence-electron chi connectivity index (χ0n) is 8.36. The standard InChI is InChI=1S/C10H15N3S/c1-3-5-11-6-9-7-12-10(13-8-9)14-4-2/h3,7-8,11H,1,4-6H2,2H3. The lowest BCUT2D eigenvalue weighted by Crippen LogP contribution is -2.12. The lowest BCUT2D eigenvalue weighted by atomic mass is 10.3. The van der Waals surface area contributed by atoms with Crippen LogP contribution >= 0.6 is 11.8 Å². The van der Waals surface area contributed by atoms with Crippen LogP contribution in [0.5, 0.6) is 0 Å². The highest BCUT2D eigenvalue weighted by molar-refractivity contribution is 7.99. The Balaban J connectivity index is 2.42. The van der Waals surface area contributed by atoms with Crippen LogP contribution in [-0.4, -0.2) is 22.3 Å². The number of nitrogens with one attached hydrogen (secondary N) is 1. The first-order valence-electron chi connectivity index (χ1n) is 4.62. The van der Waals surface area contributed by atoms with Gasteiger partial charge in [-0.15, -0.1) is 6.58 Å². The van der Waals surface area contributed by atoms with E-state index in [1.165, 1.54) is 0 Å². The van der Waals surface area contributed by atoms with Crippen molar-refractivity contribution in [3.05, 3.63) is 30.6 Å². The quantitative estimate of drug-likeness (QED) is 0.336. The van der Waals surface area contributed by atoms with Crippen molar-refractivity contribution in [2.45, 2.75) is 18.6 Å². The van der Waals surface area contributed by atoms with Crippen molar-refractivity contribution in [3.8, 4) is 0 Å². The summed E-state index contributed by atoms with van der Waals surface area (Å²) < 4.78 is 0. The minimum atomic E-state index is 0.795. The van der Waals surface area contributed by atoms with Gasteiger partial charge < -0.3 is 5.32 Å². The predicted octanol–water partition coefficient (Wildman–Crippen LogP) is 1.86. The lowest BCUT2D eigenvalue weighted by molar-refractivity contribution is 0.746. The first-order chi connectivity index (χ1) is 6.86. The molecule has 0 atom stereocenters. The molecule has 0 aliphatic rings. The number of thioether (sulfide) groups is 1. The molecule has 1 N–H and O–H groups in total. The van der Waals surface area contributed by atoms with E-state index in [2.05, 4.69) is 28.8 Å². The van der Waals surface area contributed by atoms with E-state index in [9.17, 15) is 0 Å². The third-order valence-electron chi connectivity index (χ3n) is 1.57. The highest BCUT2D eigenvalue weighted by atomic mass is 32.2. The van der Waals surface area contributed by atoms with Crippen LogP contribution in [0.2, 0.25) is 0 Å². The third kappa shape index (κ3) is 3.89. The van der Waals surface area contributed by atoms with Gasteiger partial charge in [-0.1, -0.05) is 24.8 Å². The van der Waals surface area contributed by atoms with Crippen molar-refractivity contribution in [2.75, 3.05) is 12.3 Å². The van der Waals surface area contributed by atoms with E-state index in [1.807, 2.05) is 18.5 Å². The summed E-state index contributed by atoms with van der Waals surface area (Å²) in [7, 11) is 0. The second-order valence-electron chi connectivity index (χ2n) is 2.73. The Kier molecular flexibility index (Phi) is 5.25. The van der Waals surface area contributed by atoms with Crippen molar-refractivity contribution in [3.63, 3.8) is 0 Å². The van der Waals surface area contributed by atoms with Crippen LogP contribution in [0.3, 0.4) is 0 Å². The zero-order valence-corrected chi connectivity index (χ0v) is 9.18. The van der Waals surface area contributed by atoms with Gasteiger partial charge in [0, 0.05) is 31.0 Å². The summed E-state index contributed by atoms with van der Waals surface area (Å²) in [5.41, 5.74) is 1.10. The van der Waals surface area contributed by atoms with Crippen molar-refractivity contribution in [2.24, 2.45) is 0 Å². The molecule has 1 aromatic heterocycles. The molecular formula is C10H15N3S. The van der Waals surface area contributed by atoms with Crippen molar-refractivity contribution in [1.82, 2.24) is 15.3 Å². The van der Waals surface area contributed by atoms with Crippen LogP contribution in [0.1, 0.15) is 12.5 Å². The summed E-state index contributed by atoms with van der Waals surface area (Å²) in [6.07, 6.45) is 5.56. The van der Waals surface area contributed by atoms with Gasteiger partial charge >= 0.3 is 0 Å². The lowest BCUT2D eigenvalue weighted by Gasteiger charge is -2.01. The maximum atomic E-state index is 4.23. The van der Waals surface area contributed by atoms with Crippen LogP contribution in [0.25, 0.3) is 0 Å². The second-order valence-corrected chi connectivity index (χ2v) is 3.96. The second kappa shape index (κ2) is 6.56. The average Bonchev–Trinajstić information content (AvgIpc) is 2.21. The van der Waals surface area contributed by atoms with Crippen LogP contribution < -0.4 is 5.32 Å². The predicted molar refractivity (Wildman–Crippen MR) is 60.3 cm³/mol. The number of hydrogen-bond acceptors (Lipinski definition) is 4. The molecule has 0 spiro atoms. The SMILES string of the molecule is C=CCNCc1cnc(SCC)nc1. The van der Waals surface area contributed by atoms with Gasteiger partial charge in [-0.2, -0.15) is 0 Å². The summed E-state index contributed by atoms with van der Waals surface area (Å²) in [6, 6.07) is 0. The fourth-order valence-corrected chi connectivity index (χ4v) is 1.47. The molecule has 1 rings (SSSR count). The Hall–Kier alpha value is -0.870. The smallest absolute Gasteiger partial charge is 0.187 e. The van der Waals surface area contributed by atoms with E-state index in [0.29, 0.717) is 0 Å². The highest BCUT2D eigenvalue weighted by Gasteiger charge is 1.96. The number of nitrogens with zero attached hydrogens (tertiary/aromatic N) is 2. The summed E-state index contributed by atoms with van der Waals surface area (Å²) in [5, 5.41) is 4.05. The topological polar surface area (TPSA) is 37.8 Å². The van der Waals surface area contributed by atoms with Crippen LogP contribution in [0.4, 0.5) is 0 Å². The molecule has 4 heteroatoms. The molecule has 0 unspecified atom stereocenters. The fraction of sp³-hybridized carbons (Fsp3) is 0.400. The van der Waals surface area contributed by atoms with Crippen molar-refractivity contribution in [1.29, 1.82) is 0 Å². The fourth-order valence-electron chi connectivity index (χ4n) is 0.956. The first kappa shape index (κ1) is 11.2. The van der Waals surface area contributed by atoms with E-state index in [1.54, 1.807) is 11.8 Å². The van der Waals surface area contributed by atoms with Gasteiger partial charge in [0.25, 0.3) is 0 Å². The molecule has 0 amide bonds. The van der Waals surface area contributed by atoms with Crippen LogP contribution in [0, 0.1) is 0 Å². The molecule has 3 nitrogen and oxygen atoms in total. The van der Waals surface area contributed by atoms with E-state index in [-0.39, 0.29) is 0 Å². The number of rotatable bonds is 6. The van der Waals surface area contributed by atoms with Crippen LogP contribution in [0.15, 0.2) is 30.2 Å². The first-order valence-corrected chi connectivity index (χ1v) is 5.60. The largest absolute Gasteiger partial charge is 0.309 e. The number of aromatic nitrogens is 2. The van der Waals surface area contributed by atoms with E-state index >= 15 is 0 Å². The summed E-state index contributed by atoms with van der Waals surface area (Å²) in [4.78, 5) is 8.47. The van der Waals surface area contributed by atoms with E-state index < -0.39 is 0 Å². The zero-order chi connectivity index (χ0) is 10.2. The average molecular weight is 209 g/mol. The Morgan fingerprint density at radius 3 is 2.79 bits per heavy atom. The normalized spacial score (nSPS) is 10.1. The molecule has 1 aromatic rings. The van der Waals surface area contributed by atoms with E-state index in [0.717, 1.165) is 29.6 Å². The molecule has 1 heterocycles. The minimum absolute atomic E-state index is 0.795. The van der Waals surface area contributed by atoms with Gasteiger partial charge in [-0.3, -0.25) is 0 Å². The summed E-state index contributed by atoms with van der Waals surface area (Å²) >= 11 is 1.65. The monoisotopic (exact) mass is 209 g/mol. The molecule has 0 fully saturated rings. The molecule has 0 saturated carbocycles. The molecule has 14 heavy (non-hydrogen) atoms. The van der Waals surface area contributed by atoms with Gasteiger partial charge in [0.05, 0.1) is 0 Å². The van der Waals surface area contributed by atoms with Gasteiger partial charge in [0.15, 0.2) is 5.16 Å². The minimum Gasteiger partial charge on any atom is -0.309 e. The van der Waals surface area contributed by atoms with Crippen molar-refractivity contribution < 1.29 is 0 Å². The highest BCUT2D eigenvalue weighted by Crippen LogP contribution is 2.10. The Bertz CT molecular complexity index is 271. The molecule has 0 aliphatic heterocycles. The maximum absolute atomic E-state index is 4.23. The Morgan fingerprint density at radius 1 is 1.50 bits per heavy atom. The molecule has 0 aliphatic carbocycles. The Labute approximate surface area is 89.0 Å². The molecule has 0 saturated heterocycles. The van der Waals surface area contributed by atoms with Gasteiger partial charge in [0.1, 0.15) is 0 Å². The third-order valence-corrected chi connectivity index (χ3v) is 2.33. The van der Waals surface area contributed by atoms with Crippen LogP contribution in [-0.2, 0) is 6.54 Å². The maximum Gasteiger partial charge on any atom is 0.187 e. The summed E-state index contributed by atoms with van der Waals surface area (Å²) in [6.45, 7) is 7.33. The molecule has 0 radical (unpaired) electrons. The van der Waals surface area contributed by atoms with E-state index in [4.69, 9.17) is 0 Å². The Morgan fingerprint density at radius 2 is 2.21 bits per heavy atom. The molecular weight excluding hydrogens is 194 g/mol. The summed E-state index contributed by atoms with van der Waals surface area (Å²) in [5.74, 6) is 1.01. The van der Waals surface area contributed by atoms with Crippen molar-refractivity contribution >= 4 is 11.8 Å².